The molecule has 3 N–H and O–H groups in total. The fraction of sp³-hybridized carbons (Fsp3) is 0.368. The molecule has 1 aromatic heterocycles. The molecule has 1 aliphatic heterocycles. The van der Waals surface area contributed by atoms with Gasteiger partial charge in [0.25, 0.3) is 0 Å². The van der Waals surface area contributed by atoms with Crippen LogP contribution in [0.4, 0.5) is 5.82 Å². The van der Waals surface area contributed by atoms with Gasteiger partial charge in [0.2, 0.25) is 5.91 Å². The second-order valence-corrected chi connectivity index (χ2v) is 6.34. The Labute approximate surface area is 142 Å². The Bertz CT molecular complexity index is 649. The molecule has 0 saturated carbocycles. The van der Waals surface area contributed by atoms with Gasteiger partial charge in [0.15, 0.2) is 0 Å². The van der Waals surface area contributed by atoms with E-state index in [1.807, 2.05) is 18.2 Å². The number of nitrogens with two attached hydrogens (primary N) is 1. The minimum Gasteiger partial charge on any atom is -0.369 e. The number of primary amides is 1. The SMILES string of the molecule is NC(=O)C1CCN(Cc2ccc(CNc3ccccn3)cc2)CC1. The Balaban J connectivity index is 1.47. The van der Waals surface area contributed by atoms with Crippen molar-refractivity contribution in [1.29, 1.82) is 0 Å². The van der Waals surface area contributed by atoms with Crippen molar-refractivity contribution in [2.45, 2.75) is 25.9 Å². The molecule has 5 heteroatoms. The number of amides is 1. The number of pyridine rings is 1. The molecule has 3 rings (SSSR count). The van der Waals surface area contributed by atoms with Gasteiger partial charge in [-0.15, -0.1) is 0 Å². The first-order valence-corrected chi connectivity index (χ1v) is 8.45. The van der Waals surface area contributed by atoms with E-state index < -0.39 is 0 Å². The minimum atomic E-state index is -0.153. The molecule has 24 heavy (non-hydrogen) atoms. The molecular formula is C19H24N4O. The average Bonchev–Trinajstić information content (AvgIpc) is 2.62. The van der Waals surface area contributed by atoms with Crippen molar-refractivity contribution in [3.63, 3.8) is 0 Å². The van der Waals surface area contributed by atoms with Crippen molar-refractivity contribution in [2.75, 3.05) is 18.4 Å². The van der Waals surface area contributed by atoms with Crippen molar-refractivity contribution in [3.05, 3.63) is 59.8 Å². The number of carbonyl (C=O) groups excluding carboxylic acids is 1. The van der Waals surface area contributed by atoms with E-state index in [0.29, 0.717) is 0 Å². The van der Waals surface area contributed by atoms with Crippen molar-refractivity contribution in [1.82, 2.24) is 9.88 Å². The zero-order valence-electron chi connectivity index (χ0n) is 13.8. The lowest BCUT2D eigenvalue weighted by Gasteiger charge is -2.30. The fourth-order valence-electron chi connectivity index (χ4n) is 3.06. The number of likely N-dealkylation sites (tertiary alicyclic amines) is 1. The van der Waals surface area contributed by atoms with Crippen LogP contribution >= 0.6 is 0 Å². The zero-order chi connectivity index (χ0) is 16.8. The van der Waals surface area contributed by atoms with E-state index in [2.05, 4.69) is 39.5 Å². The van der Waals surface area contributed by atoms with Crippen LogP contribution in [0, 0.1) is 5.92 Å². The summed E-state index contributed by atoms with van der Waals surface area (Å²) in [6.45, 7) is 3.58. The van der Waals surface area contributed by atoms with E-state index in [0.717, 1.165) is 44.8 Å². The maximum atomic E-state index is 11.2. The van der Waals surface area contributed by atoms with Gasteiger partial charge in [-0.2, -0.15) is 0 Å². The van der Waals surface area contributed by atoms with Crippen LogP contribution in [0.2, 0.25) is 0 Å². The number of rotatable bonds is 6. The predicted octanol–water partition coefficient (Wildman–Crippen LogP) is 2.39. The first kappa shape index (κ1) is 16.5. The third-order valence-corrected chi connectivity index (χ3v) is 4.56. The highest BCUT2D eigenvalue weighted by Gasteiger charge is 2.22. The molecule has 2 heterocycles. The van der Waals surface area contributed by atoms with Crippen LogP contribution < -0.4 is 11.1 Å². The third kappa shape index (κ3) is 4.55. The summed E-state index contributed by atoms with van der Waals surface area (Å²) in [5.74, 6) is 0.791. The number of carbonyl (C=O) groups is 1. The molecule has 2 aromatic rings. The van der Waals surface area contributed by atoms with E-state index in [4.69, 9.17) is 5.73 Å². The zero-order valence-corrected chi connectivity index (χ0v) is 13.8. The summed E-state index contributed by atoms with van der Waals surface area (Å²) in [6, 6.07) is 14.5. The molecular weight excluding hydrogens is 300 g/mol. The molecule has 5 nitrogen and oxygen atoms in total. The summed E-state index contributed by atoms with van der Waals surface area (Å²) in [7, 11) is 0. The molecule has 1 saturated heterocycles. The van der Waals surface area contributed by atoms with Gasteiger partial charge in [-0.1, -0.05) is 30.3 Å². The molecule has 126 valence electrons. The summed E-state index contributed by atoms with van der Waals surface area (Å²) >= 11 is 0. The van der Waals surface area contributed by atoms with E-state index in [1.165, 1.54) is 11.1 Å². The molecule has 1 aliphatic rings. The van der Waals surface area contributed by atoms with Crippen LogP contribution in [0.5, 0.6) is 0 Å². The van der Waals surface area contributed by atoms with Crippen LogP contribution in [-0.2, 0) is 17.9 Å². The summed E-state index contributed by atoms with van der Waals surface area (Å²) in [5, 5.41) is 3.31. The molecule has 1 fully saturated rings. The molecule has 0 spiro atoms. The minimum absolute atomic E-state index is 0.0568. The molecule has 0 atom stereocenters. The Morgan fingerprint density at radius 3 is 2.46 bits per heavy atom. The van der Waals surface area contributed by atoms with Crippen molar-refractivity contribution in [2.24, 2.45) is 11.7 Å². The lowest BCUT2D eigenvalue weighted by molar-refractivity contribution is -0.123. The highest BCUT2D eigenvalue weighted by molar-refractivity contribution is 5.76. The highest BCUT2D eigenvalue weighted by Crippen LogP contribution is 2.19. The number of piperidine rings is 1. The number of anilines is 1. The Morgan fingerprint density at radius 1 is 1.12 bits per heavy atom. The van der Waals surface area contributed by atoms with Crippen LogP contribution in [-0.4, -0.2) is 28.9 Å². The number of hydrogen-bond acceptors (Lipinski definition) is 4. The maximum Gasteiger partial charge on any atom is 0.220 e. The van der Waals surface area contributed by atoms with Gasteiger partial charge in [0.1, 0.15) is 5.82 Å². The fourth-order valence-corrected chi connectivity index (χ4v) is 3.06. The normalized spacial score (nSPS) is 16.0. The van der Waals surface area contributed by atoms with Gasteiger partial charge in [-0.05, 0) is 49.2 Å². The Kier molecular flexibility index (Phi) is 5.43. The molecule has 0 unspecified atom stereocenters. The van der Waals surface area contributed by atoms with Crippen LogP contribution in [0.25, 0.3) is 0 Å². The molecule has 1 amide bonds. The van der Waals surface area contributed by atoms with Crippen LogP contribution in [0.1, 0.15) is 24.0 Å². The second kappa shape index (κ2) is 7.93. The van der Waals surface area contributed by atoms with E-state index >= 15 is 0 Å². The van der Waals surface area contributed by atoms with Gasteiger partial charge in [-0.3, -0.25) is 9.69 Å². The number of benzene rings is 1. The maximum absolute atomic E-state index is 11.2. The highest BCUT2D eigenvalue weighted by atomic mass is 16.1. The van der Waals surface area contributed by atoms with Gasteiger partial charge in [-0.25, -0.2) is 4.98 Å². The van der Waals surface area contributed by atoms with Crippen molar-refractivity contribution >= 4 is 11.7 Å². The third-order valence-electron chi connectivity index (χ3n) is 4.56. The molecule has 1 aromatic carbocycles. The summed E-state index contributed by atoms with van der Waals surface area (Å²) in [4.78, 5) is 17.9. The first-order valence-electron chi connectivity index (χ1n) is 8.45. The predicted molar refractivity (Wildman–Crippen MR) is 95.2 cm³/mol. The summed E-state index contributed by atoms with van der Waals surface area (Å²) in [5.41, 5.74) is 7.92. The largest absolute Gasteiger partial charge is 0.369 e. The topological polar surface area (TPSA) is 71.2 Å². The van der Waals surface area contributed by atoms with E-state index in [1.54, 1.807) is 6.20 Å². The lowest BCUT2D eigenvalue weighted by atomic mass is 9.96. The lowest BCUT2D eigenvalue weighted by Crippen LogP contribution is -2.38. The molecule has 0 radical (unpaired) electrons. The number of hydrogen-bond donors (Lipinski definition) is 2. The second-order valence-electron chi connectivity index (χ2n) is 6.34. The quantitative estimate of drug-likeness (QED) is 0.856. The van der Waals surface area contributed by atoms with Crippen LogP contribution in [0.15, 0.2) is 48.7 Å². The van der Waals surface area contributed by atoms with Crippen molar-refractivity contribution < 1.29 is 4.79 Å². The summed E-state index contributed by atoms with van der Waals surface area (Å²) in [6.07, 6.45) is 3.54. The van der Waals surface area contributed by atoms with E-state index in [-0.39, 0.29) is 11.8 Å². The number of nitrogens with zero attached hydrogens (tertiary/aromatic N) is 2. The summed E-state index contributed by atoms with van der Waals surface area (Å²) < 4.78 is 0. The van der Waals surface area contributed by atoms with Gasteiger partial charge in [0, 0.05) is 25.2 Å². The molecule has 0 bridgehead atoms. The van der Waals surface area contributed by atoms with Gasteiger partial charge < -0.3 is 11.1 Å². The van der Waals surface area contributed by atoms with Gasteiger partial charge >= 0.3 is 0 Å². The molecule has 0 aliphatic carbocycles. The average molecular weight is 324 g/mol. The first-order chi connectivity index (χ1) is 11.7. The number of nitrogens with one attached hydrogen (secondary N) is 1. The van der Waals surface area contributed by atoms with E-state index in [9.17, 15) is 4.79 Å². The monoisotopic (exact) mass is 324 g/mol. The van der Waals surface area contributed by atoms with Gasteiger partial charge in [0.05, 0.1) is 0 Å². The number of aromatic nitrogens is 1. The standard InChI is InChI=1S/C19H24N4O/c20-19(24)17-8-11-23(12-9-17)14-16-6-4-15(5-7-16)13-22-18-3-1-2-10-21-18/h1-7,10,17H,8-9,11-14H2,(H2,20,24)(H,21,22). The van der Waals surface area contributed by atoms with Crippen molar-refractivity contribution in [3.8, 4) is 0 Å². The Morgan fingerprint density at radius 2 is 1.83 bits per heavy atom. The van der Waals surface area contributed by atoms with Crippen LogP contribution in [0.3, 0.4) is 0 Å². The Hall–Kier alpha value is -2.40. The smallest absolute Gasteiger partial charge is 0.220 e.